The summed E-state index contributed by atoms with van der Waals surface area (Å²) in [5.74, 6) is 0.387. The molecule has 0 aliphatic carbocycles. The Kier molecular flexibility index (Phi) is 9.63. The molecule has 0 saturated heterocycles. The molecule has 0 saturated carbocycles. The zero-order chi connectivity index (χ0) is 13.3. The van der Waals surface area contributed by atoms with Crippen molar-refractivity contribution in [2.75, 3.05) is 19.8 Å². The predicted molar refractivity (Wildman–Crippen MR) is 66.6 cm³/mol. The third kappa shape index (κ3) is 12.0. The zero-order valence-electron chi connectivity index (χ0n) is 10.2. The maximum absolute atomic E-state index is 11.7. The fourth-order valence-corrected chi connectivity index (χ4v) is 2.15. The van der Waals surface area contributed by atoms with Gasteiger partial charge in [-0.05, 0) is 12.3 Å². The van der Waals surface area contributed by atoms with E-state index in [1.165, 1.54) is 0 Å². The molecule has 1 unspecified atom stereocenters. The fraction of sp³-hybridized carbons (Fsp3) is 0.909. The molecular weight excluding hydrogens is 296 g/mol. The van der Waals surface area contributed by atoms with Crippen LogP contribution in [0.25, 0.3) is 0 Å². The van der Waals surface area contributed by atoms with E-state index in [1.54, 1.807) is 0 Å². The maximum atomic E-state index is 11.7. The number of amides is 1. The lowest BCUT2D eigenvalue weighted by atomic mass is 10.1. The summed E-state index contributed by atoms with van der Waals surface area (Å²) < 4.78 is 28.0. The number of alkyl halides is 3. The zero-order valence-corrected chi connectivity index (χ0v) is 11.8. The highest BCUT2D eigenvalue weighted by Crippen LogP contribution is 2.11. The van der Waals surface area contributed by atoms with E-state index in [1.807, 2.05) is 0 Å². The van der Waals surface area contributed by atoms with Gasteiger partial charge in [0.15, 0.2) is 0 Å². The van der Waals surface area contributed by atoms with E-state index in [-0.39, 0.29) is 23.8 Å². The SMILES string of the molecule is CC(C)CC(Br)CNC(=O)CCOCC(F)F. The fourth-order valence-electron chi connectivity index (χ4n) is 1.25. The van der Waals surface area contributed by atoms with Crippen molar-refractivity contribution in [2.45, 2.75) is 37.9 Å². The monoisotopic (exact) mass is 315 g/mol. The number of carbonyl (C=O) groups excluding carboxylic acids is 1. The van der Waals surface area contributed by atoms with Gasteiger partial charge in [0.25, 0.3) is 6.43 Å². The smallest absolute Gasteiger partial charge is 0.261 e. The van der Waals surface area contributed by atoms with Crippen LogP contribution < -0.4 is 5.32 Å². The quantitative estimate of drug-likeness (QED) is 0.524. The Labute approximate surface area is 109 Å². The maximum Gasteiger partial charge on any atom is 0.261 e. The highest BCUT2D eigenvalue weighted by molar-refractivity contribution is 9.09. The van der Waals surface area contributed by atoms with E-state index in [0.29, 0.717) is 12.5 Å². The molecule has 1 amide bonds. The molecule has 0 aromatic carbocycles. The van der Waals surface area contributed by atoms with Gasteiger partial charge in [-0.2, -0.15) is 0 Å². The van der Waals surface area contributed by atoms with Crippen LogP contribution in [-0.2, 0) is 9.53 Å². The number of hydrogen-bond acceptors (Lipinski definition) is 2. The predicted octanol–water partition coefficient (Wildman–Crippen LogP) is 2.58. The van der Waals surface area contributed by atoms with Crippen molar-refractivity contribution in [3.05, 3.63) is 0 Å². The molecule has 1 N–H and O–H groups in total. The summed E-state index contributed by atoms with van der Waals surface area (Å²) in [6.45, 7) is 4.18. The standard InChI is InChI=1S/C11H20BrF2NO2/c1-8(2)5-9(12)6-15-11(16)3-4-17-7-10(13)14/h8-10H,3-7H2,1-2H3,(H,15,16). The lowest BCUT2D eigenvalue weighted by Gasteiger charge is -2.13. The van der Waals surface area contributed by atoms with Crippen LogP contribution in [0.2, 0.25) is 0 Å². The first-order valence-electron chi connectivity index (χ1n) is 5.68. The number of rotatable bonds is 9. The minimum Gasteiger partial charge on any atom is -0.375 e. The molecular formula is C11H20BrF2NO2. The first kappa shape index (κ1) is 16.8. The molecule has 3 nitrogen and oxygen atoms in total. The molecule has 0 aliphatic rings. The van der Waals surface area contributed by atoms with Crippen molar-refractivity contribution in [2.24, 2.45) is 5.92 Å². The van der Waals surface area contributed by atoms with Gasteiger partial charge in [0, 0.05) is 17.8 Å². The Morgan fingerprint density at radius 1 is 1.41 bits per heavy atom. The third-order valence-electron chi connectivity index (χ3n) is 1.97. The summed E-state index contributed by atoms with van der Waals surface area (Å²) in [6, 6.07) is 0. The number of halogens is 3. The van der Waals surface area contributed by atoms with Crippen LogP contribution in [0.15, 0.2) is 0 Å². The van der Waals surface area contributed by atoms with E-state index in [2.05, 4.69) is 39.8 Å². The number of nitrogens with one attached hydrogen (secondary N) is 1. The topological polar surface area (TPSA) is 38.3 Å². The molecule has 0 spiro atoms. The molecule has 0 fully saturated rings. The van der Waals surface area contributed by atoms with Crippen molar-refractivity contribution in [1.82, 2.24) is 5.32 Å². The van der Waals surface area contributed by atoms with Crippen molar-refractivity contribution in [3.8, 4) is 0 Å². The van der Waals surface area contributed by atoms with E-state index in [4.69, 9.17) is 0 Å². The molecule has 0 rings (SSSR count). The molecule has 0 radical (unpaired) electrons. The van der Waals surface area contributed by atoms with Crippen molar-refractivity contribution < 1.29 is 18.3 Å². The summed E-state index contributed by atoms with van der Waals surface area (Å²) in [5, 5.41) is 2.72. The normalized spacial score (nSPS) is 13.1. The second-order valence-electron chi connectivity index (χ2n) is 4.25. The van der Waals surface area contributed by atoms with Gasteiger partial charge < -0.3 is 10.1 Å². The van der Waals surface area contributed by atoms with Gasteiger partial charge in [-0.3, -0.25) is 4.79 Å². The second-order valence-corrected chi connectivity index (χ2v) is 5.54. The van der Waals surface area contributed by atoms with Crippen LogP contribution in [0.1, 0.15) is 26.7 Å². The van der Waals surface area contributed by atoms with Crippen LogP contribution in [0.4, 0.5) is 8.78 Å². The van der Waals surface area contributed by atoms with Crippen LogP contribution in [0.5, 0.6) is 0 Å². The van der Waals surface area contributed by atoms with E-state index >= 15 is 0 Å². The number of hydrogen-bond donors (Lipinski definition) is 1. The highest BCUT2D eigenvalue weighted by Gasteiger charge is 2.09. The number of ether oxygens (including phenoxy) is 1. The Balaban J connectivity index is 3.46. The van der Waals surface area contributed by atoms with Crippen molar-refractivity contribution >= 4 is 21.8 Å². The van der Waals surface area contributed by atoms with Gasteiger partial charge in [0.1, 0.15) is 6.61 Å². The molecule has 0 aliphatic heterocycles. The summed E-state index contributed by atoms with van der Waals surface area (Å²) in [7, 11) is 0. The van der Waals surface area contributed by atoms with Gasteiger partial charge in [0.05, 0.1) is 6.61 Å². The number of carbonyl (C=O) groups is 1. The first-order chi connectivity index (χ1) is 7.91. The molecule has 0 heterocycles. The summed E-state index contributed by atoms with van der Waals surface area (Å²) >= 11 is 3.46. The molecule has 0 aromatic rings. The lowest BCUT2D eigenvalue weighted by Crippen LogP contribution is -2.30. The van der Waals surface area contributed by atoms with Crippen LogP contribution in [0.3, 0.4) is 0 Å². The van der Waals surface area contributed by atoms with Gasteiger partial charge >= 0.3 is 0 Å². The van der Waals surface area contributed by atoms with Gasteiger partial charge in [-0.1, -0.05) is 29.8 Å². The summed E-state index contributed by atoms with van der Waals surface area (Å²) in [4.78, 5) is 11.5. The summed E-state index contributed by atoms with van der Waals surface area (Å²) in [6.07, 6.45) is -1.38. The molecule has 0 aromatic heterocycles. The third-order valence-corrected chi connectivity index (χ3v) is 2.66. The van der Waals surface area contributed by atoms with Crippen molar-refractivity contribution in [3.63, 3.8) is 0 Å². The second kappa shape index (κ2) is 9.76. The Bertz CT molecular complexity index is 216. The minimum atomic E-state index is -2.48. The Morgan fingerprint density at radius 3 is 2.59 bits per heavy atom. The van der Waals surface area contributed by atoms with E-state index in [9.17, 15) is 13.6 Å². The van der Waals surface area contributed by atoms with Crippen LogP contribution in [-0.4, -0.2) is 36.9 Å². The van der Waals surface area contributed by atoms with Crippen molar-refractivity contribution in [1.29, 1.82) is 0 Å². The summed E-state index contributed by atoms with van der Waals surface area (Å²) in [5.41, 5.74) is 0. The van der Waals surface area contributed by atoms with Crippen LogP contribution in [0, 0.1) is 5.92 Å². The molecule has 1 atom stereocenters. The van der Waals surface area contributed by atoms with Gasteiger partial charge in [-0.25, -0.2) is 8.78 Å². The largest absolute Gasteiger partial charge is 0.375 e. The first-order valence-corrected chi connectivity index (χ1v) is 6.60. The van der Waals surface area contributed by atoms with E-state index in [0.717, 1.165) is 6.42 Å². The molecule has 102 valence electrons. The molecule has 0 bridgehead atoms. The minimum absolute atomic E-state index is 0.0350. The lowest BCUT2D eigenvalue weighted by molar-refractivity contribution is -0.122. The Hall–Kier alpha value is -0.230. The average Bonchev–Trinajstić information content (AvgIpc) is 2.20. The van der Waals surface area contributed by atoms with Crippen LogP contribution >= 0.6 is 15.9 Å². The highest BCUT2D eigenvalue weighted by atomic mass is 79.9. The van der Waals surface area contributed by atoms with E-state index < -0.39 is 13.0 Å². The molecule has 17 heavy (non-hydrogen) atoms. The van der Waals surface area contributed by atoms with Gasteiger partial charge in [-0.15, -0.1) is 0 Å². The Morgan fingerprint density at radius 2 is 2.06 bits per heavy atom. The average molecular weight is 316 g/mol. The molecule has 6 heteroatoms. The van der Waals surface area contributed by atoms with Gasteiger partial charge in [0.2, 0.25) is 5.91 Å².